The molecule has 1 atom stereocenters. The average Bonchev–Trinajstić information content (AvgIpc) is 2.30. The van der Waals surface area contributed by atoms with Gasteiger partial charge in [-0.1, -0.05) is 18.2 Å². The molecule has 0 spiro atoms. The number of carbonyl (C=O) groups excluding carboxylic acids is 1. The second-order valence-electron chi connectivity index (χ2n) is 4.18. The number of cyclic esters (lactones) is 1. The van der Waals surface area contributed by atoms with E-state index in [1.54, 1.807) is 4.90 Å². The molecule has 1 unspecified atom stereocenters. The molecule has 0 saturated carbocycles. The van der Waals surface area contributed by atoms with Gasteiger partial charge in [-0.15, -0.1) is 0 Å². The predicted molar refractivity (Wildman–Crippen MR) is 63.8 cm³/mol. The van der Waals surface area contributed by atoms with Crippen LogP contribution >= 0.6 is 0 Å². The van der Waals surface area contributed by atoms with Crippen LogP contribution in [0.1, 0.15) is 17.5 Å². The van der Waals surface area contributed by atoms with Gasteiger partial charge in [0.15, 0.2) is 6.10 Å². The summed E-state index contributed by atoms with van der Waals surface area (Å²) in [6.07, 6.45) is -0.487. The summed E-state index contributed by atoms with van der Waals surface area (Å²) in [4.78, 5) is 13.4. The molecule has 2 rings (SSSR count). The molecule has 4 heteroatoms. The molecule has 0 bridgehead atoms. The zero-order valence-corrected chi connectivity index (χ0v) is 9.93. The molecule has 0 aliphatic carbocycles. The minimum atomic E-state index is -0.608. The Hall–Kier alpha value is -2.02. The van der Waals surface area contributed by atoms with Crippen molar-refractivity contribution in [2.75, 3.05) is 11.4 Å². The van der Waals surface area contributed by atoms with Crippen LogP contribution in [0.5, 0.6) is 0 Å². The normalized spacial score (nSPS) is 19.7. The van der Waals surface area contributed by atoms with Gasteiger partial charge in [0.2, 0.25) is 0 Å². The molecule has 1 aromatic rings. The van der Waals surface area contributed by atoms with Gasteiger partial charge in [0.1, 0.15) is 6.07 Å². The van der Waals surface area contributed by atoms with Crippen LogP contribution in [0.3, 0.4) is 0 Å². The molecule has 1 aliphatic rings. The minimum Gasteiger partial charge on any atom is -0.430 e. The molecular weight excluding hydrogens is 216 g/mol. The van der Waals surface area contributed by atoms with E-state index in [9.17, 15) is 4.79 Å². The Morgan fingerprint density at radius 2 is 2.06 bits per heavy atom. The van der Waals surface area contributed by atoms with Crippen LogP contribution in [0.4, 0.5) is 10.5 Å². The quantitative estimate of drug-likeness (QED) is 0.745. The smallest absolute Gasteiger partial charge is 0.415 e. The van der Waals surface area contributed by atoms with Gasteiger partial charge in [0.25, 0.3) is 0 Å². The predicted octanol–water partition coefficient (Wildman–Crippen LogP) is 2.54. The second kappa shape index (κ2) is 4.46. The summed E-state index contributed by atoms with van der Waals surface area (Å²) in [5.74, 6) is 0. The Kier molecular flexibility index (Phi) is 3.01. The summed E-state index contributed by atoms with van der Waals surface area (Å²) >= 11 is 0. The molecule has 1 fully saturated rings. The SMILES string of the molecule is Cc1cccc(C)c1N1CCC(C#N)OC1=O. The van der Waals surface area contributed by atoms with Gasteiger partial charge in [0.05, 0.1) is 5.69 Å². The summed E-state index contributed by atoms with van der Waals surface area (Å²) < 4.78 is 5.04. The van der Waals surface area contributed by atoms with E-state index >= 15 is 0 Å². The molecule has 1 aromatic carbocycles. The fourth-order valence-corrected chi connectivity index (χ4v) is 2.11. The van der Waals surface area contributed by atoms with Crippen molar-refractivity contribution < 1.29 is 9.53 Å². The summed E-state index contributed by atoms with van der Waals surface area (Å²) in [5.41, 5.74) is 2.98. The lowest BCUT2D eigenvalue weighted by Gasteiger charge is -2.31. The van der Waals surface area contributed by atoms with E-state index in [0.717, 1.165) is 16.8 Å². The van der Waals surface area contributed by atoms with E-state index in [-0.39, 0.29) is 0 Å². The lowest BCUT2D eigenvalue weighted by molar-refractivity contribution is 0.111. The highest BCUT2D eigenvalue weighted by atomic mass is 16.6. The van der Waals surface area contributed by atoms with Crippen molar-refractivity contribution in [3.63, 3.8) is 0 Å². The molecule has 1 aliphatic heterocycles. The van der Waals surface area contributed by atoms with Crippen LogP contribution in [-0.4, -0.2) is 18.7 Å². The fourth-order valence-electron chi connectivity index (χ4n) is 2.11. The molecule has 17 heavy (non-hydrogen) atoms. The molecule has 1 heterocycles. The zero-order valence-electron chi connectivity index (χ0n) is 9.93. The number of amides is 1. The van der Waals surface area contributed by atoms with Crippen molar-refractivity contribution >= 4 is 11.8 Å². The lowest BCUT2D eigenvalue weighted by atomic mass is 10.1. The number of benzene rings is 1. The van der Waals surface area contributed by atoms with Crippen LogP contribution < -0.4 is 4.90 Å². The van der Waals surface area contributed by atoms with Crippen molar-refractivity contribution in [3.8, 4) is 6.07 Å². The minimum absolute atomic E-state index is 0.430. The number of ether oxygens (including phenoxy) is 1. The summed E-state index contributed by atoms with van der Waals surface area (Å²) in [5, 5.41) is 8.73. The first kappa shape index (κ1) is 11.5. The van der Waals surface area contributed by atoms with Gasteiger partial charge in [-0.3, -0.25) is 4.90 Å². The molecule has 88 valence electrons. The number of anilines is 1. The third-order valence-corrected chi connectivity index (χ3v) is 2.93. The largest absolute Gasteiger partial charge is 0.430 e. The first-order valence-electron chi connectivity index (χ1n) is 5.57. The van der Waals surface area contributed by atoms with E-state index in [1.807, 2.05) is 38.1 Å². The zero-order chi connectivity index (χ0) is 12.4. The number of hydrogen-bond donors (Lipinski definition) is 0. The molecular formula is C13H14N2O2. The molecule has 0 radical (unpaired) electrons. The molecule has 1 amide bonds. The molecule has 4 nitrogen and oxygen atoms in total. The van der Waals surface area contributed by atoms with Gasteiger partial charge in [-0.25, -0.2) is 4.79 Å². The van der Waals surface area contributed by atoms with Crippen LogP contribution in [0.15, 0.2) is 18.2 Å². The summed E-state index contributed by atoms with van der Waals surface area (Å²) in [6.45, 7) is 4.46. The van der Waals surface area contributed by atoms with Gasteiger partial charge >= 0.3 is 6.09 Å². The summed E-state index contributed by atoms with van der Waals surface area (Å²) in [6, 6.07) is 7.85. The topological polar surface area (TPSA) is 53.3 Å². The first-order chi connectivity index (χ1) is 8.13. The number of nitrogens with zero attached hydrogens (tertiary/aromatic N) is 2. The Bertz CT molecular complexity index is 470. The van der Waals surface area contributed by atoms with Crippen LogP contribution in [-0.2, 0) is 4.74 Å². The maximum absolute atomic E-state index is 11.8. The van der Waals surface area contributed by atoms with Crippen LogP contribution in [0.2, 0.25) is 0 Å². The first-order valence-corrected chi connectivity index (χ1v) is 5.57. The number of aryl methyl sites for hydroxylation is 2. The monoisotopic (exact) mass is 230 g/mol. The maximum Gasteiger partial charge on any atom is 0.415 e. The van der Waals surface area contributed by atoms with Gasteiger partial charge in [-0.2, -0.15) is 5.26 Å². The van der Waals surface area contributed by atoms with Crippen LogP contribution in [0.25, 0.3) is 0 Å². The molecule has 0 N–H and O–H groups in total. The Labute approximate surface area is 100 Å². The molecule has 0 aromatic heterocycles. The Morgan fingerprint density at radius 3 is 2.59 bits per heavy atom. The third-order valence-electron chi connectivity index (χ3n) is 2.93. The fraction of sp³-hybridized carbons (Fsp3) is 0.385. The van der Waals surface area contributed by atoms with Crippen molar-refractivity contribution in [2.24, 2.45) is 0 Å². The number of carbonyl (C=O) groups is 1. The highest BCUT2D eigenvalue weighted by Crippen LogP contribution is 2.27. The highest BCUT2D eigenvalue weighted by Gasteiger charge is 2.29. The van der Waals surface area contributed by atoms with Gasteiger partial charge < -0.3 is 4.74 Å². The van der Waals surface area contributed by atoms with Crippen molar-refractivity contribution in [1.29, 1.82) is 5.26 Å². The van der Waals surface area contributed by atoms with Crippen LogP contribution in [0, 0.1) is 25.2 Å². The van der Waals surface area contributed by atoms with E-state index < -0.39 is 12.2 Å². The standard InChI is InChI=1S/C13H14N2O2/c1-9-4-3-5-10(2)12(9)15-7-6-11(8-14)17-13(15)16/h3-5,11H,6-7H2,1-2H3. The third kappa shape index (κ3) is 2.09. The maximum atomic E-state index is 11.8. The van der Waals surface area contributed by atoms with Crippen molar-refractivity contribution in [3.05, 3.63) is 29.3 Å². The van der Waals surface area contributed by atoms with Crippen molar-refractivity contribution in [2.45, 2.75) is 26.4 Å². The highest BCUT2D eigenvalue weighted by molar-refractivity contribution is 5.90. The number of hydrogen-bond acceptors (Lipinski definition) is 3. The summed E-state index contributed by atoms with van der Waals surface area (Å²) in [7, 11) is 0. The lowest BCUT2D eigenvalue weighted by Crippen LogP contribution is -2.42. The average molecular weight is 230 g/mol. The van der Waals surface area contributed by atoms with E-state index in [1.165, 1.54) is 0 Å². The number of nitriles is 1. The van der Waals surface area contributed by atoms with Gasteiger partial charge in [0, 0.05) is 13.0 Å². The Balaban J connectivity index is 2.30. The second-order valence-corrected chi connectivity index (χ2v) is 4.18. The van der Waals surface area contributed by atoms with Crippen molar-refractivity contribution in [1.82, 2.24) is 0 Å². The Morgan fingerprint density at radius 1 is 1.41 bits per heavy atom. The van der Waals surface area contributed by atoms with E-state index in [2.05, 4.69) is 0 Å². The number of rotatable bonds is 1. The molecule has 1 saturated heterocycles. The van der Waals surface area contributed by atoms with Gasteiger partial charge in [-0.05, 0) is 25.0 Å². The number of para-hydroxylation sites is 1. The van der Waals surface area contributed by atoms with E-state index in [0.29, 0.717) is 13.0 Å². The van der Waals surface area contributed by atoms with E-state index in [4.69, 9.17) is 10.00 Å².